The van der Waals surface area contributed by atoms with Crippen molar-refractivity contribution in [3.8, 4) is 22.3 Å². The van der Waals surface area contributed by atoms with Gasteiger partial charge >= 0.3 is 0 Å². The number of rotatable bonds is 4. The Morgan fingerprint density at radius 1 is 0.465 bits per heavy atom. The summed E-state index contributed by atoms with van der Waals surface area (Å²) in [6.45, 7) is 0. The predicted molar refractivity (Wildman–Crippen MR) is 179 cm³/mol. The van der Waals surface area contributed by atoms with E-state index in [1.165, 1.54) is 66.2 Å². The highest BCUT2D eigenvalue weighted by atomic mass is 16.3. The van der Waals surface area contributed by atoms with Crippen molar-refractivity contribution < 1.29 is 4.42 Å². The maximum absolute atomic E-state index is 6.60. The van der Waals surface area contributed by atoms with Crippen LogP contribution in [0.15, 0.2) is 156 Å². The Bertz CT molecular complexity index is 2270. The lowest BCUT2D eigenvalue weighted by molar-refractivity contribution is 0.670. The molecule has 0 unspecified atom stereocenters. The van der Waals surface area contributed by atoms with E-state index >= 15 is 0 Å². The molecule has 43 heavy (non-hydrogen) atoms. The Morgan fingerprint density at radius 3 is 1.88 bits per heavy atom. The van der Waals surface area contributed by atoms with Crippen LogP contribution in [0.4, 0.5) is 0 Å². The fourth-order valence-corrected chi connectivity index (χ4v) is 7.41. The zero-order valence-corrected chi connectivity index (χ0v) is 23.6. The summed E-state index contributed by atoms with van der Waals surface area (Å²) in [7, 11) is 0. The topological polar surface area (TPSA) is 13.1 Å². The average molecular weight is 549 g/mol. The van der Waals surface area contributed by atoms with E-state index in [1.54, 1.807) is 0 Å². The van der Waals surface area contributed by atoms with Gasteiger partial charge in [0.05, 0.1) is 0 Å². The van der Waals surface area contributed by atoms with Gasteiger partial charge in [0.25, 0.3) is 0 Å². The van der Waals surface area contributed by atoms with Gasteiger partial charge in [-0.1, -0.05) is 140 Å². The van der Waals surface area contributed by atoms with Gasteiger partial charge in [-0.15, -0.1) is 0 Å². The summed E-state index contributed by atoms with van der Waals surface area (Å²) in [6.07, 6.45) is 0.883. The van der Waals surface area contributed by atoms with E-state index in [-0.39, 0.29) is 5.92 Å². The summed E-state index contributed by atoms with van der Waals surface area (Å²) >= 11 is 0. The molecule has 1 aliphatic rings. The molecule has 9 rings (SSSR count). The van der Waals surface area contributed by atoms with E-state index in [1.807, 2.05) is 6.07 Å². The van der Waals surface area contributed by atoms with E-state index in [4.69, 9.17) is 4.42 Å². The number of fused-ring (bicyclic) bond motifs is 7. The highest BCUT2D eigenvalue weighted by molar-refractivity contribution is 6.14. The van der Waals surface area contributed by atoms with Gasteiger partial charge in [-0.2, -0.15) is 0 Å². The van der Waals surface area contributed by atoms with E-state index < -0.39 is 0 Å². The second-order valence-electron chi connectivity index (χ2n) is 11.6. The molecule has 7 aromatic carbocycles. The Balaban J connectivity index is 1.32. The molecular weight excluding hydrogens is 520 g/mol. The van der Waals surface area contributed by atoms with Crippen molar-refractivity contribution >= 4 is 32.7 Å². The van der Waals surface area contributed by atoms with Crippen molar-refractivity contribution in [3.63, 3.8) is 0 Å². The molecule has 1 heterocycles. The molecule has 1 aliphatic carbocycles. The SMILES string of the molecule is c1ccc(C(c2ccccc2)c2cccc3c2Cc2c-3cc3ccccc3c2-c2cccc3c2oc2ccccc23)cc1. The van der Waals surface area contributed by atoms with Gasteiger partial charge in [0.15, 0.2) is 0 Å². The van der Waals surface area contributed by atoms with Crippen molar-refractivity contribution in [2.75, 3.05) is 0 Å². The number of para-hydroxylation sites is 2. The lowest BCUT2D eigenvalue weighted by Gasteiger charge is -2.22. The first kappa shape index (κ1) is 24.2. The molecule has 0 N–H and O–H groups in total. The van der Waals surface area contributed by atoms with Crippen LogP contribution < -0.4 is 0 Å². The Hall–Kier alpha value is -5.40. The molecular formula is C42H28O. The van der Waals surface area contributed by atoms with Crippen LogP contribution in [0, 0.1) is 0 Å². The van der Waals surface area contributed by atoms with Crippen LogP contribution in [0.25, 0.3) is 55.0 Å². The first-order chi connectivity index (χ1) is 21.3. The molecule has 0 spiro atoms. The van der Waals surface area contributed by atoms with Crippen LogP contribution >= 0.6 is 0 Å². The second-order valence-corrected chi connectivity index (χ2v) is 11.6. The molecule has 0 amide bonds. The van der Waals surface area contributed by atoms with Crippen LogP contribution in [0.1, 0.15) is 33.7 Å². The van der Waals surface area contributed by atoms with E-state index in [0.717, 1.165) is 23.0 Å². The summed E-state index contributed by atoms with van der Waals surface area (Å²) in [5.74, 6) is 0.156. The summed E-state index contributed by atoms with van der Waals surface area (Å²) in [5.41, 5.74) is 13.8. The van der Waals surface area contributed by atoms with Crippen molar-refractivity contribution in [2.24, 2.45) is 0 Å². The Kier molecular flexibility index (Phi) is 5.39. The molecule has 1 nitrogen and oxygen atoms in total. The van der Waals surface area contributed by atoms with Crippen LogP contribution in [-0.2, 0) is 6.42 Å². The molecule has 1 aromatic heterocycles. The third-order valence-corrected chi connectivity index (χ3v) is 9.26. The lowest BCUT2D eigenvalue weighted by Crippen LogP contribution is -2.06. The molecule has 0 fully saturated rings. The molecule has 0 aliphatic heterocycles. The van der Waals surface area contributed by atoms with E-state index in [0.29, 0.717) is 0 Å². The summed E-state index contributed by atoms with van der Waals surface area (Å²) in [4.78, 5) is 0. The standard InChI is InChI=1S/C42H28O/c1-3-13-27(14-4-1)40(28-15-5-2-6-16-28)33-21-11-20-31-36-25-29-17-7-8-18-30(29)41(38(36)26-37(31)33)35-23-12-22-34-32-19-9-10-24-39(32)43-42(34)35/h1-25,40H,26H2. The Labute approximate surface area is 250 Å². The largest absolute Gasteiger partial charge is 0.455 e. The number of benzene rings is 7. The van der Waals surface area contributed by atoms with Crippen molar-refractivity contribution in [3.05, 3.63) is 179 Å². The lowest BCUT2D eigenvalue weighted by atomic mass is 9.81. The van der Waals surface area contributed by atoms with Crippen molar-refractivity contribution in [1.82, 2.24) is 0 Å². The minimum absolute atomic E-state index is 0.156. The van der Waals surface area contributed by atoms with Crippen molar-refractivity contribution in [1.29, 1.82) is 0 Å². The maximum Gasteiger partial charge on any atom is 0.143 e. The molecule has 0 radical (unpaired) electrons. The maximum atomic E-state index is 6.60. The number of hydrogen-bond donors (Lipinski definition) is 0. The highest BCUT2D eigenvalue weighted by Crippen LogP contribution is 2.50. The third kappa shape index (κ3) is 3.72. The first-order valence-electron chi connectivity index (χ1n) is 15.0. The van der Waals surface area contributed by atoms with Crippen LogP contribution in [-0.4, -0.2) is 0 Å². The van der Waals surface area contributed by atoms with Gasteiger partial charge in [-0.3, -0.25) is 0 Å². The molecule has 0 saturated carbocycles. The quantitative estimate of drug-likeness (QED) is 0.199. The fraction of sp³-hybridized carbons (Fsp3) is 0.0476. The van der Waals surface area contributed by atoms with E-state index in [2.05, 4.69) is 146 Å². The van der Waals surface area contributed by atoms with Gasteiger partial charge in [0.1, 0.15) is 11.2 Å². The highest BCUT2D eigenvalue weighted by Gasteiger charge is 2.30. The second kappa shape index (κ2) is 9.58. The molecule has 1 heteroatoms. The fourth-order valence-electron chi connectivity index (χ4n) is 7.41. The monoisotopic (exact) mass is 548 g/mol. The van der Waals surface area contributed by atoms with Gasteiger partial charge in [0, 0.05) is 22.3 Å². The van der Waals surface area contributed by atoms with Gasteiger partial charge in [-0.25, -0.2) is 0 Å². The average Bonchev–Trinajstić information content (AvgIpc) is 3.64. The molecule has 0 saturated heterocycles. The first-order valence-corrected chi connectivity index (χ1v) is 15.0. The number of hydrogen-bond acceptors (Lipinski definition) is 1. The normalized spacial score (nSPS) is 12.3. The van der Waals surface area contributed by atoms with Crippen LogP contribution in [0.3, 0.4) is 0 Å². The number of furan rings is 1. The smallest absolute Gasteiger partial charge is 0.143 e. The van der Waals surface area contributed by atoms with Gasteiger partial charge in [0.2, 0.25) is 0 Å². The molecule has 202 valence electrons. The summed E-state index contributed by atoms with van der Waals surface area (Å²) in [5, 5.41) is 4.85. The molecule has 0 bridgehead atoms. The zero-order valence-electron chi connectivity index (χ0n) is 23.6. The zero-order chi connectivity index (χ0) is 28.3. The Morgan fingerprint density at radius 2 is 1.09 bits per heavy atom. The minimum atomic E-state index is 0.156. The van der Waals surface area contributed by atoms with Gasteiger partial charge in [-0.05, 0) is 73.8 Å². The van der Waals surface area contributed by atoms with Gasteiger partial charge < -0.3 is 4.42 Å². The summed E-state index contributed by atoms with van der Waals surface area (Å²) < 4.78 is 6.60. The molecule has 0 atom stereocenters. The van der Waals surface area contributed by atoms with Crippen LogP contribution in [0.2, 0.25) is 0 Å². The van der Waals surface area contributed by atoms with E-state index in [9.17, 15) is 0 Å². The van der Waals surface area contributed by atoms with Crippen LogP contribution in [0.5, 0.6) is 0 Å². The minimum Gasteiger partial charge on any atom is -0.455 e. The predicted octanol–water partition coefficient (Wildman–Crippen LogP) is 11.2. The third-order valence-electron chi connectivity index (χ3n) is 9.26. The van der Waals surface area contributed by atoms with Crippen molar-refractivity contribution in [2.45, 2.75) is 12.3 Å². The summed E-state index contributed by atoms with van der Waals surface area (Å²) in [6, 6.07) is 55.0. The molecule has 8 aromatic rings.